The van der Waals surface area contributed by atoms with Crippen LogP contribution < -0.4 is 0 Å². The van der Waals surface area contributed by atoms with Gasteiger partial charge in [-0.2, -0.15) is 0 Å². The van der Waals surface area contributed by atoms with Crippen LogP contribution in [0.4, 0.5) is 0 Å². The molecule has 0 unspecified atom stereocenters. The summed E-state index contributed by atoms with van der Waals surface area (Å²) in [6.45, 7) is 14.4. The quantitative estimate of drug-likeness (QED) is 0.439. The molecule has 1 aliphatic rings. The number of cyclic esters (lactones) is 1. The lowest BCUT2D eigenvalue weighted by atomic mass is 9.73. The van der Waals surface area contributed by atoms with E-state index in [9.17, 15) is 19.8 Å². The van der Waals surface area contributed by atoms with Crippen LogP contribution in [0.2, 0.25) is 0 Å². The molecule has 2 rings (SSSR count). The van der Waals surface area contributed by atoms with Gasteiger partial charge in [0.15, 0.2) is 5.89 Å². The van der Waals surface area contributed by atoms with E-state index in [2.05, 4.69) is 11.1 Å². The van der Waals surface area contributed by atoms with Crippen LogP contribution in [-0.4, -0.2) is 45.3 Å². The average Bonchev–Trinajstić information content (AvgIpc) is 3.10. The van der Waals surface area contributed by atoms with Gasteiger partial charge in [0.25, 0.3) is 0 Å². The highest BCUT2D eigenvalue weighted by Gasteiger charge is 2.42. The Hall–Kier alpha value is -2.25. The van der Waals surface area contributed by atoms with E-state index in [-0.39, 0.29) is 18.1 Å². The zero-order valence-corrected chi connectivity index (χ0v) is 22.6. The van der Waals surface area contributed by atoms with E-state index in [1.54, 1.807) is 27.7 Å². The Bertz CT molecular complexity index is 957. The van der Waals surface area contributed by atoms with Gasteiger partial charge in [0.2, 0.25) is 0 Å². The average molecular weight is 490 g/mol. The molecule has 0 aromatic carbocycles. The third kappa shape index (κ3) is 7.61. The Morgan fingerprint density at radius 2 is 1.83 bits per heavy atom. The van der Waals surface area contributed by atoms with Gasteiger partial charge in [-0.25, -0.2) is 4.98 Å². The van der Waals surface area contributed by atoms with E-state index in [1.165, 1.54) is 5.57 Å². The van der Waals surface area contributed by atoms with E-state index >= 15 is 0 Å². The molecule has 1 aliphatic heterocycles. The SMILES string of the molecule is C/C1=C/C[C@@H](/C(C)=C/c2nc(C)oc2C)OC(=O)C[C@H](O)C(C)(C)C(=O)[C@H](C)[C@@H](O)[C@@H](C)CCC1. The first kappa shape index (κ1) is 29.0. The number of oxazole rings is 1. The smallest absolute Gasteiger partial charge is 0.309 e. The van der Waals surface area contributed by atoms with Crippen molar-refractivity contribution in [2.75, 3.05) is 0 Å². The molecular weight excluding hydrogens is 446 g/mol. The van der Waals surface area contributed by atoms with Crippen LogP contribution in [0, 0.1) is 31.1 Å². The van der Waals surface area contributed by atoms with Gasteiger partial charge < -0.3 is 19.4 Å². The molecule has 0 bridgehead atoms. The zero-order valence-electron chi connectivity index (χ0n) is 22.6. The maximum atomic E-state index is 13.2. The van der Waals surface area contributed by atoms with E-state index in [0.29, 0.717) is 23.8 Å². The number of ketones is 1. The Kier molecular flexibility index (Phi) is 10.0. The number of carbonyl (C=O) groups is 2. The van der Waals surface area contributed by atoms with Crippen molar-refractivity contribution in [1.29, 1.82) is 0 Å². The molecule has 196 valence electrons. The van der Waals surface area contributed by atoms with Crippen LogP contribution >= 0.6 is 0 Å². The number of carbonyl (C=O) groups excluding carboxylic acids is 2. The Balaban J connectivity index is 2.36. The fourth-order valence-corrected chi connectivity index (χ4v) is 4.62. The number of aliphatic hydroxyl groups is 2. The first-order chi connectivity index (χ1) is 16.2. The van der Waals surface area contributed by atoms with Gasteiger partial charge in [0.05, 0.1) is 24.0 Å². The molecule has 5 atom stereocenters. The second kappa shape index (κ2) is 12.1. The maximum absolute atomic E-state index is 13.2. The zero-order chi connectivity index (χ0) is 26.5. The molecule has 0 aliphatic carbocycles. The van der Waals surface area contributed by atoms with Crippen LogP contribution in [0.25, 0.3) is 6.08 Å². The van der Waals surface area contributed by atoms with Crippen molar-refractivity contribution in [3.63, 3.8) is 0 Å². The molecule has 2 N–H and O–H groups in total. The lowest BCUT2D eigenvalue weighted by molar-refractivity contribution is -0.154. The summed E-state index contributed by atoms with van der Waals surface area (Å²) >= 11 is 0. The topological polar surface area (TPSA) is 110 Å². The monoisotopic (exact) mass is 489 g/mol. The summed E-state index contributed by atoms with van der Waals surface area (Å²) in [4.78, 5) is 30.4. The van der Waals surface area contributed by atoms with Crippen LogP contribution in [-0.2, 0) is 14.3 Å². The van der Waals surface area contributed by atoms with Crippen molar-refractivity contribution in [2.24, 2.45) is 17.3 Å². The predicted molar refractivity (Wildman–Crippen MR) is 135 cm³/mol. The number of nitrogens with zero attached hydrogens (tertiary/aromatic N) is 1. The molecule has 0 saturated carbocycles. The lowest BCUT2D eigenvalue weighted by Crippen LogP contribution is -2.45. The van der Waals surface area contributed by atoms with Gasteiger partial charge in [-0.15, -0.1) is 0 Å². The molecule has 2 heterocycles. The second-order valence-electron chi connectivity index (χ2n) is 10.8. The van der Waals surface area contributed by atoms with Crippen LogP contribution in [0.5, 0.6) is 0 Å². The fourth-order valence-electron chi connectivity index (χ4n) is 4.62. The summed E-state index contributed by atoms with van der Waals surface area (Å²) in [5.41, 5.74) is 1.47. The summed E-state index contributed by atoms with van der Waals surface area (Å²) in [5, 5.41) is 21.6. The molecule has 0 spiro atoms. The van der Waals surface area contributed by atoms with Crippen molar-refractivity contribution in [3.05, 3.63) is 34.6 Å². The molecule has 0 radical (unpaired) electrons. The Labute approximate surface area is 209 Å². The third-order valence-electron chi connectivity index (χ3n) is 7.33. The predicted octanol–water partition coefficient (Wildman–Crippen LogP) is 5.11. The van der Waals surface area contributed by atoms with Crippen LogP contribution in [0.15, 0.2) is 21.6 Å². The standard InChI is InChI=1S/C28H43NO6/c1-16-10-9-11-17(2)26(32)19(4)27(33)28(7,8)24(30)15-25(31)35-23(13-12-16)18(3)14-22-20(5)34-21(6)29-22/h12,14,17,19,23-24,26,30,32H,9-11,13,15H2,1-8H3/b16-12-,18-14+/t17-,19+,23-,24-,26-/m0/s1. The van der Waals surface area contributed by atoms with E-state index in [1.807, 2.05) is 33.8 Å². The molecule has 1 aromatic heterocycles. The van der Waals surface area contributed by atoms with Gasteiger partial charge in [-0.3, -0.25) is 9.59 Å². The molecule has 7 heteroatoms. The molecule has 0 amide bonds. The van der Waals surface area contributed by atoms with Crippen LogP contribution in [0.1, 0.15) is 91.0 Å². The van der Waals surface area contributed by atoms with Crippen molar-refractivity contribution >= 4 is 17.8 Å². The van der Waals surface area contributed by atoms with Crippen LogP contribution in [0.3, 0.4) is 0 Å². The highest BCUT2D eigenvalue weighted by Crippen LogP contribution is 2.32. The number of ether oxygens (including phenoxy) is 1. The van der Waals surface area contributed by atoms with Gasteiger partial charge in [-0.1, -0.05) is 39.3 Å². The minimum Gasteiger partial charge on any atom is -0.457 e. The molecule has 7 nitrogen and oxygen atoms in total. The Morgan fingerprint density at radius 3 is 2.43 bits per heavy atom. The summed E-state index contributed by atoms with van der Waals surface area (Å²) < 4.78 is 11.3. The number of hydrogen-bond acceptors (Lipinski definition) is 7. The maximum Gasteiger partial charge on any atom is 0.309 e. The van der Waals surface area contributed by atoms with E-state index in [0.717, 1.165) is 24.8 Å². The van der Waals surface area contributed by atoms with Crippen molar-refractivity contribution in [2.45, 2.75) is 106 Å². The number of aryl methyl sites for hydroxylation is 2. The number of rotatable bonds is 2. The second-order valence-corrected chi connectivity index (χ2v) is 10.8. The first-order valence-electron chi connectivity index (χ1n) is 12.6. The number of aliphatic hydroxyl groups excluding tert-OH is 2. The van der Waals surface area contributed by atoms with Gasteiger partial charge in [0.1, 0.15) is 23.3 Å². The summed E-state index contributed by atoms with van der Waals surface area (Å²) in [6.07, 6.45) is 4.06. The minimum absolute atomic E-state index is 0.0559. The summed E-state index contributed by atoms with van der Waals surface area (Å²) in [7, 11) is 0. The van der Waals surface area contributed by atoms with Gasteiger partial charge >= 0.3 is 5.97 Å². The number of esters is 1. The normalized spacial score (nSPS) is 31.5. The largest absolute Gasteiger partial charge is 0.457 e. The molecule has 0 saturated heterocycles. The minimum atomic E-state index is -1.23. The third-order valence-corrected chi connectivity index (χ3v) is 7.33. The van der Waals surface area contributed by atoms with E-state index < -0.39 is 35.6 Å². The lowest BCUT2D eigenvalue weighted by Gasteiger charge is -2.34. The number of allylic oxidation sites excluding steroid dienone is 1. The fraction of sp³-hybridized carbons (Fsp3) is 0.679. The molecule has 35 heavy (non-hydrogen) atoms. The number of Topliss-reactive ketones (excluding diaryl/α,β-unsaturated/α-hetero) is 1. The van der Waals surface area contributed by atoms with Gasteiger partial charge in [-0.05, 0) is 57.6 Å². The molecular formula is C28H43NO6. The van der Waals surface area contributed by atoms with E-state index in [4.69, 9.17) is 9.15 Å². The summed E-state index contributed by atoms with van der Waals surface area (Å²) in [5.74, 6) is -0.291. The highest BCUT2D eigenvalue weighted by molar-refractivity contribution is 5.88. The molecule has 1 aromatic rings. The number of aromatic nitrogens is 1. The molecule has 0 fully saturated rings. The highest BCUT2D eigenvalue weighted by atomic mass is 16.5. The van der Waals surface area contributed by atoms with Crippen molar-refractivity contribution < 1.29 is 29.0 Å². The summed E-state index contributed by atoms with van der Waals surface area (Å²) in [6, 6.07) is 0. The van der Waals surface area contributed by atoms with Crippen molar-refractivity contribution in [3.8, 4) is 0 Å². The van der Waals surface area contributed by atoms with Crippen molar-refractivity contribution in [1.82, 2.24) is 4.98 Å². The number of hydrogen-bond donors (Lipinski definition) is 2. The Morgan fingerprint density at radius 1 is 1.17 bits per heavy atom. The van der Waals surface area contributed by atoms with Gasteiger partial charge in [0, 0.05) is 19.3 Å². The first-order valence-corrected chi connectivity index (χ1v) is 12.6.